The lowest BCUT2D eigenvalue weighted by atomic mass is 9.92. The minimum absolute atomic E-state index is 0. The number of aliphatic hydroxyl groups excluding tert-OH is 1. The average Bonchev–Trinajstić information content (AvgIpc) is 3.33. The summed E-state index contributed by atoms with van der Waals surface area (Å²) in [5.74, 6) is 0.0289. The number of aryl methyl sites for hydroxylation is 1. The first kappa shape index (κ1) is 30.0. The van der Waals surface area contributed by atoms with E-state index in [4.69, 9.17) is 0 Å². The van der Waals surface area contributed by atoms with E-state index in [0.29, 0.717) is 29.9 Å². The van der Waals surface area contributed by atoms with Crippen molar-refractivity contribution in [3.63, 3.8) is 0 Å². The topological polar surface area (TPSA) is 148 Å². The highest BCUT2D eigenvalue weighted by Crippen LogP contribution is 2.52. The summed E-state index contributed by atoms with van der Waals surface area (Å²) in [6, 6.07) is 11.9. The van der Waals surface area contributed by atoms with Crippen LogP contribution in [-0.4, -0.2) is 52.9 Å². The lowest BCUT2D eigenvalue weighted by Gasteiger charge is -2.24. The van der Waals surface area contributed by atoms with Gasteiger partial charge in [0, 0.05) is 35.7 Å². The minimum atomic E-state index is -3.87. The van der Waals surface area contributed by atoms with E-state index < -0.39 is 27.8 Å². The summed E-state index contributed by atoms with van der Waals surface area (Å²) in [6.07, 6.45) is -2.44. The van der Waals surface area contributed by atoms with Crippen LogP contribution in [0.15, 0.2) is 53.7 Å². The van der Waals surface area contributed by atoms with E-state index in [1.54, 1.807) is 19.1 Å². The first-order chi connectivity index (χ1) is 20.6. The van der Waals surface area contributed by atoms with Crippen LogP contribution < -0.4 is 19.5 Å². The van der Waals surface area contributed by atoms with Gasteiger partial charge < -0.3 is 29.4 Å². The van der Waals surface area contributed by atoms with Crippen LogP contribution in [0.2, 0.25) is 0 Å². The number of halogens is 2. The Labute approximate surface area is 254 Å². The van der Waals surface area contributed by atoms with Gasteiger partial charge in [-0.3, -0.25) is 4.79 Å². The van der Waals surface area contributed by atoms with Gasteiger partial charge in [0.05, 0.1) is 24.3 Å². The van der Waals surface area contributed by atoms with Crippen molar-refractivity contribution in [2.75, 3.05) is 11.9 Å². The summed E-state index contributed by atoms with van der Waals surface area (Å²) in [6.45, 7) is 7.66. The third-order valence-electron chi connectivity index (χ3n) is 7.94. The maximum absolute atomic E-state index is 13.5. The number of fused-ring (bicyclic) bond motifs is 2. The lowest BCUT2D eigenvalue weighted by Crippen LogP contribution is -2.35. The molecule has 11 nitrogen and oxygen atoms in total. The Morgan fingerprint density at radius 2 is 1.89 bits per heavy atom. The van der Waals surface area contributed by atoms with Crippen LogP contribution in [-0.2, 0) is 32.2 Å². The van der Waals surface area contributed by atoms with E-state index in [9.17, 15) is 27.1 Å². The van der Waals surface area contributed by atoms with Gasteiger partial charge in [0.1, 0.15) is 5.82 Å². The second kappa shape index (κ2) is 10.3. The molecule has 2 aromatic carbocycles. The van der Waals surface area contributed by atoms with E-state index in [0.717, 1.165) is 16.6 Å². The smallest absolute Gasteiger partial charge is 0.395 e. The van der Waals surface area contributed by atoms with Gasteiger partial charge in [-0.15, -0.1) is 8.78 Å². The molecule has 1 fully saturated rings. The predicted octanol–water partition coefficient (Wildman–Crippen LogP) is 4.55. The molecule has 0 unspecified atom stereocenters. The second-order valence-corrected chi connectivity index (χ2v) is 14.1. The van der Waals surface area contributed by atoms with Crippen molar-refractivity contribution in [3.05, 3.63) is 65.7 Å². The standard InChI is InChI=1S/C30H33F2N5O6S.H2/c1-17-33-15-26(35-17)44(40,41)34-14-21(38)16-37-22-7-6-20(11-18(22)12-25(37)28(2,3)4)36-27(39)29(9-10-29)19-5-8-23-24(13-19)43-30(31,32)42-23;/h5-8,11-13,15,21,34,38H,9-10,14,16H2,1-4H3,(H,33,35)(H,36,39);1H/t21-;/m0./s1. The Bertz CT molecular complexity index is 1880. The molecular formula is C30H35F2N5O6S. The molecular weight excluding hydrogens is 596 g/mol. The van der Waals surface area contributed by atoms with E-state index >= 15 is 0 Å². The zero-order valence-electron chi connectivity index (χ0n) is 24.6. The predicted molar refractivity (Wildman–Crippen MR) is 159 cm³/mol. The van der Waals surface area contributed by atoms with Gasteiger partial charge in [-0.1, -0.05) is 26.8 Å². The molecule has 14 heteroatoms. The summed E-state index contributed by atoms with van der Waals surface area (Å²) < 4.78 is 65.6. The van der Waals surface area contributed by atoms with Crippen LogP contribution in [0.4, 0.5) is 14.5 Å². The fourth-order valence-corrected chi connectivity index (χ4v) is 6.57. The van der Waals surface area contributed by atoms with Crippen molar-refractivity contribution >= 4 is 32.5 Å². The van der Waals surface area contributed by atoms with Crippen LogP contribution >= 0.6 is 0 Å². The van der Waals surface area contributed by atoms with Crippen molar-refractivity contribution in [2.45, 2.75) is 75.3 Å². The number of aromatic nitrogens is 3. The number of benzene rings is 2. The quantitative estimate of drug-likeness (QED) is 0.212. The van der Waals surface area contributed by atoms with Crippen molar-refractivity contribution in [3.8, 4) is 11.5 Å². The highest BCUT2D eigenvalue weighted by Gasteiger charge is 2.52. The molecule has 1 atom stereocenters. The van der Waals surface area contributed by atoms with Crippen LogP contribution in [0.5, 0.6) is 11.5 Å². The number of aromatic amines is 1. The number of H-pyrrole nitrogens is 1. The van der Waals surface area contributed by atoms with E-state index in [1.807, 2.05) is 43.5 Å². The molecule has 236 valence electrons. The Hall–Kier alpha value is -4.01. The van der Waals surface area contributed by atoms with Crippen molar-refractivity contribution < 1.29 is 38.0 Å². The number of ether oxygens (including phenoxy) is 2. The van der Waals surface area contributed by atoms with Crippen molar-refractivity contribution in [2.24, 2.45) is 0 Å². The number of sulfonamides is 1. The Morgan fingerprint density at radius 1 is 1.16 bits per heavy atom. The maximum atomic E-state index is 13.5. The molecule has 1 aliphatic heterocycles. The molecule has 0 radical (unpaired) electrons. The number of imidazole rings is 1. The molecule has 1 saturated carbocycles. The third kappa shape index (κ3) is 5.64. The SMILES string of the molecule is Cc1ncc(S(=O)(=O)NC[C@H](O)Cn2c(C(C)(C)C)cc3cc(NC(=O)C4(c5ccc6c(c5)OC(F)(F)O6)CC4)ccc32)[nH]1.[HH]. The van der Waals surface area contributed by atoms with Crippen LogP contribution in [0.1, 0.15) is 52.1 Å². The van der Waals surface area contributed by atoms with Crippen LogP contribution in [0.3, 0.4) is 0 Å². The summed E-state index contributed by atoms with van der Waals surface area (Å²) in [5, 5.41) is 14.6. The Kier molecular flexibility index (Phi) is 7.02. The summed E-state index contributed by atoms with van der Waals surface area (Å²) in [5.41, 5.74) is 1.67. The first-order valence-corrected chi connectivity index (χ1v) is 15.6. The van der Waals surface area contributed by atoms with E-state index in [2.05, 4.69) is 29.5 Å². The number of anilines is 1. The first-order valence-electron chi connectivity index (χ1n) is 14.1. The van der Waals surface area contributed by atoms with E-state index in [-0.39, 0.29) is 42.4 Å². The molecule has 0 bridgehead atoms. The van der Waals surface area contributed by atoms with Gasteiger partial charge in [-0.25, -0.2) is 18.1 Å². The molecule has 4 aromatic rings. The van der Waals surface area contributed by atoms with Crippen LogP contribution in [0.25, 0.3) is 10.9 Å². The van der Waals surface area contributed by atoms with Gasteiger partial charge in [0.15, 0.2) is 16.5 Å². The van der Waals surface area contributed by atoms with Crippen molar-refractivity contribution in [1.82, 2.24) is 19.3 Å². The van der Waals surface area contributed by atoms with Crippen molar-refractivity contribution in [1.29, 1.82) is 0 Å². The third-order valence-corrected chi connectivity index (χ3v) is 9.27. The van der Waals surface area contributed by atoms with E-state index in [1.165, 1.54) is 18.3 Å². The molecule has 4 N–H and O–H groups in total. The normalized spacial score (nSPS) is 17.5. The number of aliphatic hydroxyl groups is 1. The van der Waals surface area contributed by atoms with Gasteiger partial charge >= 0.3 is 6.29 Å². The molecule has 6 rings (SSSR count). The minimum Gasteiger partial charge on any atom is -0.395 e. The summed E-state index contributed by atoms with van der Waals surface area (Å²) >= 11 is 0. The molecule has 1 amide bonds. The number of amides is 1. The Morgan fingerprint density at radius 3 is 2.55 bits per heavy atom. The zero-order chi connectivity index (χ0) is 31.7. The van der Waals surface area contributed by atoms with Gasteiger partial charge in [0.25, 0.3) is 10.0 Å². The number of nitrogens with one attached hydrogen (secondary N) is 3. The number of alkyl halides is 2. The maximum Gasteiger partial charge on any atom is 0.586 e. The average molecular weight is 632 g/mol. The molecule has 44 heavy (non-hydrogen) atoms. The van der Waals surface area contributed by atoms with Gasteiger partial charge in [-0.2, -0.15) is 0 Å². The summed E-state index contributed by atoms with van der Waals surface area (Å²) in [4.78, 5) is 20.1. The molecule has 2 aliphatic rings. The number of nitrogens with zero attached hydrogens (tertiary/aromatic N) is 2. The number of hydrogen-bond donors (Lipinski definition) is 4. The number of rotatable bonds is 9. The fraction of sp³-hybridized carbons (Fsp3) is 0.400. The highest BCUT2D eigenvalue weighted by atomic mass is 32.2. The molecule has 1 aliphatic carbocycles. The van der Waals surface area contributed by atoms with Crippen LogP contribution in [0, 0.1) is 6.92 Å². The lowest BCUT2D eigenvalue weighted by molar-refractivity contribution is -0.286. The molecule has 3 heterocycles. The zero-order valence-corrected chi connectivity index (χ0v) is 25.4. The van der Waals surface area contributed by atoms with Gasteiger partial charge in [0.2, 0.25) is 5.91 Å². The Balaban J connectivity index is 0.00000400. The molecule has 0 spiro atoms. The van der Waals surface area contributed by atoms with Gasteiger partial charge in [-0.05, 0) is 61.7 Å². The second-order valence-electron chi connectivity index (χ2n) is 12.4. The largest absolute Gasteiger partial charge is 0.586 e. The highest BCUT2D eigenvalue weighted by molar-refractivity contribution is 7.89. The molecule has 0 saturated heterocycles. The number of carbonyl (C=O) groups is 1. The number of carbonyl (C=O) groups excluding carboxylic acids is 1. The summed E-state index contributed by atoms with van der Waals surface area (Å²) in [7, 11) is -3.87. The fourth-order valence-electron chi connectivity index (χ4n) is 5.53. The monoisotopic (exact) mass is 631 g/mol. The molecule has 2 aromatic heterocycles. The number of hydrogen-bond acceptors (Lipinski definition) is 7.